The Kier molecular flexibility index (Phi) is 2.11. The van der Waals surface area contributed by atoms with Gasteiger partial charge >= 0.3 is 0 Å². The molecule has 3 nitrogen and oxygen atoms in total. The second kappa shape index (κ2) is 3.19. The van der Waals surface area contributed by atoms with Crippen LogP contribution in [0, 0.1) is 0 Å². The van der Waals surface area contributed by atoms with Gasteiger partial charge in [0.25, 0.3) is 0 Å². The highest BCUT2D eigenvalue weighted by atomic mass is 16.5. The maximum atomic E-state index is 11.2. The predicted octanol–water partition coefficient (Wildman–Crippen LogP) is 2.47. The van der Waals surface area contributed by atoms with Crippen molar-refractivity contribution < 1.29 is 9.53 Å². The Bertz CT molecular complexity index is 447. The molecule has 0 bridgehead atoms. The third kappa shape index (κ3) is 1.91. The molecular weight excluding hydrogens is 190 g/mol. The van der Waals surface area contributed by atoms with Crippen LogP contribution in [-0.4, -0.2) is 16.4 Å². The lowest BCUT2D eigenvalue weighted by molar-refractivity contribution is 0.101. The summed E-state index contributed by atoms with van der Waals surface area (Å²) in [5.74, 6) is 0.607. The van der Waals surface area contributed by atoms with Crippen molar-refractivity contribution in [3.8, 4) is 5.88 Å². The first-order valence-corrected chi connectivity index (χ1v) is 4.87. The SMILES string of the molecule is CC(=O)c1cnc2c(c1)C=CC(C)(C)O2. The number of hydrogen-bond donors (Lipinski definition) is 0. The summed E-state index contributed by atoms with van der Waals surface area (Å²) < 4.78 is 5.64. The summed E-state index contributed by atoms with van der Waals surface area (Å²) in [5, 5.41) is 0. The van der Waals surface area contributed by atoms with Gasteiger partial charge in [0.15, 0.2) is 5.78 Å². The summed E-state index contributed by atoms with van der Waals surface area (Å²) in [5.41, 5.74) is 1.15. The monoisotopic (exact) mass is 203 g/mol. The van der Waals surface area contributed by atoms with Crippen molar-refractivity contribution in [3.05, 3.63) is 29.5 Å². The van der Waals surface area contributed by atoms with Gasteiger partial charge in [-0.05, 0) is 39.0 Å². The summed E-state index contributed by atoms with van der Waals surface area (Å²) in [6.07, 6.45) is 5.45. The molecule has 0 saturated heterocycles. The first-order chi connectivity index (χ1) is 6.98. The van der Waals surface area contributed by atoms with E-state index in [-0.39, 0.29) is 11.4 Å². The molecule has 78 valence electrons. The molecule has 0 radical (unpaired) electrons. The van der Waals surface area contributed by atoms with Crippen LogP contribution in [0.15, 0.2) is 18.3 Å². The van der Waals surface area contributed by atoms with Crippen molar-refractivity contribution in [1.29, 1.82) is 0 Å². The predicted molar refractivity (Wildman–Crippen MR) is 58.0 cm³/mol. The third-order valence-electron chi connectivity index (χ3n) is 2.31. The molecule has 0 spiro atoms. The number of Topliss-reactive ketones (excluding diaryl/α,β-unsaturated/α-hetero) is 1. The van der Waals surface area contributed by atoms with Gasteiger partial charge in [0.05, 0.1) is 0 Å². The maximum Gasteiger partial charge on any atom is 0.221 e. The van der Waals surface area contributed by atoms with Gasteiger partial charge in [0, 0.05) is 17.3 Å². The number of hydrogen-bond acceptors (Lipinski definition) is 3. The number of ketones is 1. The summed E-state index contributed by atoms with van der Waals surface area (Å²) in [4.78, 5) is 15.3. The fourth-order valence-electron chi connectivity index (χ4n) is 1.44. The van der Waals surface area contributed by atoms with Crippen molar-refractivity contribution >= 4 is 11.9 Å². The Balaban J connectivity index is 2.45. The summed E-state index contributed by atoms with van der Waals surface area (Å²) in [6, 6.07) is 1.80. The molecule has 1 aliphatic rings. The van der Waals surface area contributed by atoms with Crippen molar-refractivity contribution in [1.82, 2.24) is 4.98 Å². The lowest BCUT2D eigenvalue weighted by atomic mass is 10.0. The van der Waals surface area contributed by atoms with Crippen LogP contribution in [0.1, 0.15) is 36.7 Å². The van der Waals surface area contributed by atoms with Crippen molar-refractivity contribution in [3.63, 3.8) is 0 Å². The Morgan fingerprint density at radius 2 is 2.20 bits per heavy atom. The van der Waals surface area contributed by atoms with E-state index in [0.717, 1.165) is 5.56 Å². The highest BCUT2D eigenvalue weighted by Crippen LogP contribution is 2.29. The molecule has 3 heteroatoms. The van der Waals surface area contributed by atoms with E-state index in [1.807, 2.05) is 26.0 Å². The molecule has 2 heterocycles. The fourth-order valence-corrected chi connectivity index (χ4v) is 1.44. The van der Waals surface area contributed by atoms with Crippen molar-refractivity contribution in [2.45, 2.75) is 26.4 Å². The Morgan fingerprint density at radius 1 is 1.47 bits per heavy atom. The van der Waals surface area contributed by atoms with E-state index < -0.39 is 0 Å². The molecule has 1 aliphatic heterocycles. The van der Waals surface area contributed by atoms with E-state index in [1.54, 1.807) is 12.3 Å². The van der Waals surface area contributed by atoms with Crippen LogP contribution in [0.2, 0.25) is 0 Å². The average Bonchev–Trinajstić information content (AvgIpc) is 2.15. The topological polar surface area (TPSA) is 39.2 Å². The molecule has 0 amide bonds. The van der Waals surface area contributed by atoms with E-state index >= 15 is 0 Å². The standard InChI is InChI=1S/C12H13NO2/c1-8(14)10-6-9-4-5-12(2,3)15-11(9)13-7-10/h4-7H,1-3H3. The number of pyridine rings is 1. The number of nitrogens with zero attached hydrogens (tertiary/aromatic N) is 1. The second-order valence-electron chi connectivity index (χ2n) is 4.21. The average molecular weight is 203 g/mol. The smallest absolute Gasteiger partial charge is 0.221 e. The van der Waals surface area contributed by atoms with Crippen LogP contribution in [0.5, 0.6) is 5.88 Å². The highest BCUT2D eigenvalue weighted by molar-refractivity contribution is 5.94. The van der Waals surface area contributed by atoms with Gasteiger partial charge in [0.1, 0.15) is 5.60 Å². The van der Waals surface area contributed by atoms with Crippen molar-refractivity contribution in [2.24, 2.45) is 0 Å². The van der Waals surface area contributed by atoms with Gasteiger partial charge in [0.2, 0.25) is 5.88 Å². The molecule has 1 aromatic rings. The molecular formula is C12H13NO2. The number of ether oxygens (including phenoxy) is 1. The molecule has 0 aliphatic carbocycles. The minimum atomic E-state index is -0.322. The van der Waals surface area contributed by atoms with Gasteiger partial charge < -0.3 is 4.74 Å². The largest absolute Gasteiger partial charge is 0.467 e. The summed E-state index contributed by atoms with van der Waals surface area (Å²) >= 11 is 0. The number of carbonyl (C=O) groups is 1. The molecule has 0 aromatic carbocycles. The van der Waals surface area contributed by atoms with Crippen LogP contribution in [0.3, 0.4) is 0 Å². The molecule has 0 unspecified atom stereocenters. The van der Waals surface area contributed by atoms with Gasteiger partial charge in [-0.3, -0.25) is 4.79 Å². The normalized spacial score (nSPS) is 16.7. The first-order valence-electron chi connectivity index (χ1n) is 4.87. The molecule has 1 aromatic heterocycles. The zero-order valence-corrected chi connectivity index (χ0v) is 9.07. The van der Waals surface area contributed by atoms with Crippen LogP contribution in [-0.2, 0) is 0 Å². The number of carbonyl (C=O) groups excluding carboxylic acids is 1. The summed E-state index contributed by atoms with van der Waals surface area (Å²) in [6.45, 7) is 5.46. The van der Waals surface area contributed by atoms with Gasteiger partial charge in [-0.1, -0.05) is 0 Å². The van der Waals surface area contributed by atoms with Gasteiger partial charge in [-0.25, -0.2) is 4.98 Å². The Hall–Kier alpha value is -1.64. The van der Waals surface area contributed by atoms with Crippen LogP contribution < -0.4 is 4.74 Å². The fraction of sp³-hybridized carbons (Fsp3) is 0.333. The second-order valence-corrected chi connectivity index (χ2v) is 4.21. The molecule has 0 atom stereocenters. The molecule has 0 N–H and O–H groups in total. The van der Waals surface area contributed by atoms with E-state index in [9.17, 15) is 4.79 Å². The first kappa shape index (κ1) is 9.90. The zero-order chi connectivity index (χ0) is 11.1. The minimum Gasteiger partial charge on any atom is -0.467 e. The van der Waals surface area contributed by atoms with Crippen LogP contribution in [0.25, 0.3) is 6.08 Å². The lowest BCUT2D eigenvalue weighted by Crippen LogP contribution is -2.28. The highest BCUT2D eigenvalue weighted by Gasteiger charge is 2.22. The lowest BCUT2D eigenvalue weighted by Gasteiger charge is -2.26. The van der Waals surface area contributed by atoms with E-state index in [4.69, 9.17) is 4.74 Å². The molecule has 2 rings (SSSR count). The number of rotatable bonds is 1. The Labute approximate surface area is 88.8 Å². The zero-order valence-electron chi connectivity index (χ0n) is 9.07. The van der Waals surface area contributed by atoms with Gasteiger partial charge in [-0.15, -0.1) is 0 Å². The minimum absolute atomic E-state index is 0.0172. The molecule has 0 saturated carbocycles. The van der Waals surface area contributed by atoms with Crippen LogP contribution in [0.4, 0.5) is 0 Å². The van der Waals surface area contributed by atoms with E-state index in [1.165, 1.54) is 6.92 Å². The quantitative estimate of drug-likeness (QED) is 0.658. The van der Waals surface area contributed by atoms with E-state index in [2.05, 4.69) is 4.98 Å². The van der Waals surface area contributed by atoms with E-state index in [0.29, 0.717) is 11.4 Å². The van der Waals surface area contributed by atoms with Crippen molar-refractivity contribution in [2.75, 3.05) is 0 Å². The number of aromatic nitrogens is 1. The number of fused-ring (bicyclic) bond motifs is 1. The molecule has 15 heavy (non-hydrogen) atoms. The third-order valence-corrected chi connectivity index (χ3v) is 2.31. The van der Waals surface area contributed by atoms with Crippen LogP contribution >= 0.6 is 0 Å². The molecule has 0 fully saturated rings. The Morgan fingerprint density at radius 3 is 2.87 bits per heavy atom. The van der Waals surface area contributed by atoms with Gasteiger partial charge in [-0.2, -0.15) is 0 Å². The maximum absolute atomic E-state index is 11.2. The summed E-state index contributed by atoms with van der Waals surface area (Å²) in [7, 11) is 0.